The van der Waals surface area contributed by atoms with Crippen molar-refractivity contribution >= 4 is 11.9 Å². The third kappa shape index (κ3) is 2.88. The van der Waals surface area contributed by atoms with E-state index < -0.39 is 0 Å². The van der Waals surface area contributed by atoms with Crippen molar-refractivity contribution in [2.75, 3.05) is 0 Å². The summed E-state index contributed by atoms with van der Waals surface area (Å²) in [5.74, 6) is 1.04. The number of hydrogen-bond acceptors (Lipinski definition) is 2. The van der Waals surface area contributed by atoms with Gasteiger partial charge in [0, 0.05) is 18.3 Å². The summed E-state index contributed by atoms with van der Waals surface area (Å²) >= 11 is 0. The molecular weight excluding hydrogens is 184 g/mol. The molecule has 1 aromatic heterocycles. The molecule has 0 unspecified atom stereocenters. The maximum Gasteiger partial charge on any atom is 0.0846 e. The number of aliphatic imine (C=N–C) groups is 1. The van der Waals surface area contributed by atoms with Gasteiger partial charge in [-0.1, -0.05) is 20.8 Å². The maximum atomic E-state index is 4.50. The standard InChI is InChI=1S/C13H20N2/c1-6-14-12-7-10(4)8-15-13(12)11(5)9(2)3/h6-9,11H,1-5H3/b14-6-/t11-/m0/s1. The molecule has 2 nitrogen and oxygen atoms in total. The van der Waals surface area contributed by atoms with Crippen molar-refractivity contribution in [3.8, 4) is 0 Å². The van der Waals surface area contributed by atoms with E-state index in [9.17, 15) is 0 Å². The van der Waals surface area contributed by atoms with Crippen LogP contribution in [-0.2, 0) is 0 Å². The number of nitrogens with zero attached hydrogens (tertiary/aromatic N) is 2. The van der Waals surface area contributed by atoms with Gasteiger partial charge in [0.25, 0.3) is 0 Å². The van der Waals surface area contributed by atoms with Gasteiger partial charge in [-0.15, -0.1) is 0 Å². The average molecular weight is 204 g/mol. The van der Waals surface area contributed by atoms with E-state index in [4.69, 9.17) is 0 Å². The Hall–Kier alpha value is -1.18. The van der Waals surface area contributed by atoms with Gasteiger partial charge in [0.2, 0.25) is 0 Å². The molecule has 0 bridgehead atoms. The molecule has 0 saturated carbocycles. The van der Waals surface area contributed by atoms with Crippen molar-refractivity contribution < 1.29 is 0 Å². The second-order valence-electron chi connectivity index (χ2n) is 4.34. The number of pyridine rings is 1. The third-order valence-corrected chi connectivity index (χ3v) is 2.73. The highest BCUT2D eigenvalue weighted by Crippen LogP contribution is 2.30. The fraction of sp³-hybridized carbons (Fsp3) is 0.538. The van der Waals surface area contributed by atoms with Crippen LogP contribution < -0.4 is 0 Å². The van der Waals surface area contributed by atoms with Crippen LogP contribution in [0.4, 0.5) is 5.69 Å². The van der Waals surface area contributed by atoms with Crippen molar-refractivity contribution in [2.24, 2.45) is 10.9 Å². The van der Waals surface area contributed by atoms with Gasteiger partial charge < -0.3 is 0 Å². The normalized spacial score (nSPS) is 13.7. The highest BCUT2D eigenvalue weighted by atomic mass is 14.8. The van der Waals surface area contributed by atoms with Crippen LogP contribution in [0.15, 0.2) is 17.3 Å². The summed E-state index contributed by atoms with van der Waals surface area (Å²) in [7, 11) is 0. The largest absolute Gasteiger partial charge is 0.260 e. The van der Waals surface area contributed by atoms with Crippen LogP contribution in [0.5, 0.6) is 0 Å². The molecule has 0 amide bonds. The Morgan fingerprint density at radius 1 is 1.33 bits per heavy atom. The first-order valence-corrected chi connectivity index (χ1v) is 5.51. The van der Waals surface area contributed by atoms with Crippen LogP contribution in [0.1, 0.15) is 44.9 Å². The molecule has 0 aromatic carbocycles. The van der Waals surface area contributed by atoms with E-state index in [1.54, 1.807) is 0 Å². The van der Waals surface area contributed by atoms with Gasteiger partial charge in [-0.25, -0.2) is 0 Å². The molecule has 0 aliphatic heterocycles. The molecule has 0 fully saturated rings. The Labute approximate surface area is 92.5 Å². The van der Waals surface area contributed by atoms with E-state index >= 15 is 0 Å². The van der Waals surface area contributed by atoms with E-state index in [0.29, 0.717) is 11.8 Å². The lowest BCUT2D eigenvalue weighted by atomic mass is 9.93. The smallest absolute Gasteiger partial charge is 0.0846 e. The van der Waals surface area contributed by atoms with Crippen molar-refractivity contribution in [3.63, 3.8) is 0 Å². The van der Waals surface area contributed by atoms with E-state index in [0.717, 1.165) is 16.9 Å². The molecule has 15 heavy (non-hydrogen) atoms. The van der Waals surface area contributed by atoms with Crippen molar-refractivity contribution in [1.29, 1.82) is 0 Å². The minimum Gasteiger partial charge on any atom is -0.260 e. The fourth-order valence-corrected chi connectivity index (χ4v) is 1.47. The highest BCUT2D eigenvalue weighted by molar-refractivity contribution is 5.62. The molecule has 2 heteroatoms. The Kier molecular flexibility index (Phi) is 4.01. The number of rotatable bonds is 3. The molecule has 0 aliphatic carbocycles. The molecule has 1 aromatic rings. The third-order valence-electron chi connectivity index (χ3n) is 2.73. The summed E-state index contributed by atoms with van der Waals surface area (Å²) in [6, 6.07) is 2.10. The Balaban J connectivity index is 3.16. The maximum absolute atomic E-state index is 4.50. The minimum absolute atomic E-state index is 0.448. The molecule has 0 spiro atoms. The predicted molar refractivity (Wildman–Crippen MR) is 66.1 cm³/mol. The lowest BCUT2D eigenvalue weighted by Gasteiger charge is -2.17. The predicted octanol–water partition coefficient (Wildman–Crippen LogP) is 3.87. The monoisotopic (exact) mass is 204 g/mol. The van der Waals surface area contributed by atoms with Gasteiger partial charge in [0.1, 0.15) is 0 Å². The first kappa shape index (κ1) is 11.9. The molecule has 0 N–H and O–H groups in total. The fourth-order valence-electron chi connectivity index (χ4n) is 1.47. The quantitative estimate of drug-likeness (QED) is 0.686. The zero-order chi connectivity index (χ0) is 11.4. The van der Waals surface area contributed by atoms with Crippen LogP contribution in [0.25, 0.3) is 0 Å². The SMILES string of the molecule is C/C=N\c1cc(C)cnc1[C@@H](C)C(C)C. The van der Waals surface area contributed by atoms with Crippen LogP contribution in [0.2, 0.25) is 0 Å². The van der Waals surface area contributed by atoms with E-state index in [2.05, 4.69) is 36.8 Å². The molecular formula is C13H20N2. The lowest BCUT2D eigenvalue weighted by Crippen LogP contribution is -2.05. The van der Waals surface area contributed by atoms with E-state index in [1.807, 2.05) is 26.3 Å². The second-order valence-corrected chi connectivity index (χ2v) is 4.34. The molecule has 0 aliphatic rings. The van der Waals surface area contributed by atoms with Crippen LogP contribution in [0.3, 0.4) is 0 Å². The molecule has 1 atom stereocenters. The Morgan fingerprint density at radius 2 is 2.00 bits per heavy atom. The summed E-state index contributed by atoms with van der Waals surface area (Å²) in [6.45, 7) is 10.6. The van der Waals surface area contributed by atoms with Gasteiger partial charge in [-0.3, -0.25) is 9.98 Å². The number of aromatic nitrogens is 1. The van der Waals surface area contributed by atoms with Crippen LogP contribution in [0, 0.1) is 12.8 Å². The van der Waals surface area contributed by atoms with Crippen molar-refractivity contribution in [3.05, 3.63) is 23.5 Å². The van der Waals surface area contributed by atoms with E-state index in [-0.39, 0.29) is 0 Å². The van der Waals surface area contributed by atoms with Gasteiger partial charge >= 0.3 is 0 Å². The van der Waals surface area contributed by atoms with E-state index in [1.165, 1.54) is 0 Å². The summed E-state index contributed by atoms with van der Waals surface area (Å²) < 4.78 is 0. The summed E-state index contributed by atoms with van der Waals surface area (Å²) in [5.41, 5.74) is 3.28. The van der Waals surface area contributed by atoms with Gasteiger partial charge in [0.15, 0.2) is 0 Å². The topological polar surface area (TPSA) is 25.2 Å². The van der Waals surface area contributed by atoms with Gasteiger partial charge in [-0.2, -0.15) is 0 Å². The number of aryl methyl sites for hydroxylation is 1. The number of hydrogen-bond donors (Lipinski definition) is 0. The van der Waals surface area contributed by atoms with Gasteiger partial charge in [0.05, 0.1) is 11.4 Å². The van der Waals surface area contributed by atoms with Crippen LogP contribution in [-0.4, -0.2) is 11.2 Å². The zero-order valence-electron chi connectivity index (χ0n) is 10.3. The summed E-state index contributed by atoms with van der Waals surface area (Å²) in [6.07, 6.45) is 3.75. The minimum atomic E-state index is 0.448. The average Bonchev–Trinajstić information content (AvgIpc) is 2.17. The summed E-state index contributed by atoms with van der Waals surface area (Å²) in [5, 5.41) is 0. The lowest BCUT2D eigenvalue weighted by molar-refractivity contribution is 0.524. The first-order chi connectivity index (χ1) is 7.06. The van der Waals surface area contributed by atoms with Crippen molar-refractivity contribution in [1.82, 2.24) is 4.98 Å². The molecule has 0 radical (unpaired) electrons. The summed E-state index contributed by atoms with van der Waals surface area (Å²) in [4.78, 5) is 8.89. The molecule has 82 valence electrons. The second kappa shape index (κ2) is 5.06. The first-order valence-electron chi connectivity index (χ1n) is 5.51. The molecule has 1 rings (SSSR count). The van der Waals surface area contributed by atoms with Gasteiger partial charge in [-0.05, 0) is 31.4 Å². The van der Waals surface area contributed by atoms with Crippen LogP contribution >= 0.6 is 0 Å². The Morgan fingerprint density at radius 3 is 2.53 bits per heavy atom. The molecule has 1 heterocycles. The zero-order valence-corrected chi connectivity index (χ0v) is 10.3. The highest BCUT2D eigenvalue weighted by Gasteiger charge is 2.15. The van der Waals surface area contributed by atoms with Crippen molar-refractivity contribution in [2.45, 2.75) is 40.5 Å². The molecule has 0 saturated heterocycles. The Bertz CT molecular complexity index is 354.